The summed E-state index contributed by atoms with van der Waals surface area (Å²) in [7, 11) is 3.26. The van der Waals surface area contributed by atoms with E-state index in [1.165, 1.54) is 19.5 Å². The minimum atomic E-state index is -0.271. The van der Waals surface area contributed by atoms with Gasteiger partial charge in [-0.1, -0.05) is 6.07 Å². The SMILES string of the molecule is CNc1ncnc(Nc2ccc(C)c(F)c2)c1OC. The van der Waals surface area contributed by atoms with Gasteiger partial charge in [-0.25, -0.2) is 14.4 Å². The molecule has 0 atom stereocenters. The first-order valence-corrected chi connectivity index (χ1v) is 5.75. The van der Waals surface area contributed by atoms with Gasteiger partial charge in [-0.2, -0.15) is 0 Å². The topological polar surface area (TPSA) is 59.1 Å². The summed E-state index contributed by atoms with van der Waals surface area (Å²) in [5, 5.41) is 5.91. The Balaban J connectivity index is 2.35. The zero-order chi connectivity index (χ0) is 13.8. The Morgan fingerprint density at radius 1 is 1.21 bits per heavy atom. The fourth-order valence-corrected chi connectivity index (χ4v) is 1.64. The highest BCUT2D eigenvalue weighted by Crippen LogP contribution is 2.31. The standard InChI is InChI=1S/C13H15FN4O/c1-8-4-5-9(6-10(8)14)18-13-11(19-3)12(15-2)16-7-17-13/h4-7H,1-3H3,(H2,15,16,17,18). The number of aromatic nitrogens is 2. The van der Waals surface area contributed by atoms with E-state index in [4.69, 9.17) is 4.74 Å². The number of nitrogens with one attached hydrogen (secondary N) is 2. The van der Waals surface area contributed by atoms with E-state index in [1.807, 2.05) is 0 Å². The van der Waals surface area contributed by atoms with E-state index in [0.717, 1.165) is 0 Å². The van der Waals surface area contributed by atoms with E-state index in [0.29, 0.717) is 28.6 Å². The molecule has 0 radical (unpaired) electrons. The van der Waals surface area contributed by atoms with Crippen LogP contribution in [0.3, 0.4) is 0 Å². The monoisotopic (exact) mass is 262 g/mol. The van der Waals surface area contributed by atoms with E-state index in [2.05, 4.69) is 20.6 Å². The number of benzene rings is 1. The number of nitrogens with zero attached hydrogens (tertiary/aromatic N) is 2. The lowest BCUT2D eigenvalue weighted by molar-refractivity contribution is 0.415. The normalized spacial score (nSPS) is 10.1. The molecule has 0 bridgehead atoms. The van der Waals surface area contributed by atoms with Crippen LogP contribution in [0.25, 0.3) is 0 Å². The van der Waals surface area contributed by atoms with Crippen molar-refractivity contribution >= 4 is 17.3 Å². The summed E-state index contributed by atoms with van der Waals surface area (Å²) >= 11 is 0. The van der Waals surface area contributed by atoms with Crippen LogP contribution in [0, 0.1) is 12.7 Å². The Kier molecular flexibility index (Phi) is 3.79. The van der Waals surface area contributed by atoms with Gasteiger partial charge in [0, 0.05) is 12.7 Å². The van der Waals surface area contributed by atoms with Crippen molar-refractivity contribution in [1.29, 1.82) is 0 Å². The molecule has 0 aliphatic rings. The minimum Gasteiger partial charge on any atom is -0.490 e. The van der Waals surface area contributed by atoms with E-state index in [-0.39, 0.29) is 5.82 Å². The lowest BCUT2D eigenvalue weighted by atomic mass is 10.2. The second-order valence-corrected chi connectivity index (χ2v) is 3.94. The number of hydrogen-bond acceptors (Lipinski definition) is 5. The second kappa shape index (κ2) is 5.51. The number of rotatable bonds is 4. The van der Waals surface area contributed by atoms with Crippen molar-refractivity contribution in [2.24, 2.45) is 0 Å². The second-order valence-electron chi connectivity index (χ2n) is 3.94. The quantitative estimate of drug-likeness (QED) is 0.887. The van der Waals surface area contributed by atoms with Crippen molar-refractivity contribution in [3.05, 3.63) is 35.9 Å². The van der Waals surface area contributed by atoms with Gasteiger partial charge in [0.15, 0.2) is 11.6 Å². The third-order valence-corrected chi connectivity index (χ3v) is 2.68. The fraction of sp³-hybridized carbons (Fsp3) is 0.231. The fourth-order valence-electron chi connectivity index (χ4n) is 1.64. The highest BCUT2D eigenvalue weighted by Gasteiger charge is 2.11. The number of hydrogen-bond donors (Lipinski definition) is 2. The molecule has 1 aromatic carbocycles. The van der Waals surface area contributed by atoms with Crippen LogP contribution < -0.4 is 15.4 Å². The Labute approximate surface area is 110 Å². The summed E-state index contributed by atoms with van der Waals surface area (Å²) in [6, 6.07) is 4.89. The molecule has 5 nitrogen and oxygen atoms in total. The van der Waals surface area contributed by atoms with Crippen molar-refractivity contribution in [3.8, 4) is 5.75 Å². The van der Waals surface area contributed by atoms with Crippen LogP contribution in [0.4, 0.5) is 21.7 Å². The molecule has 0 aliphatic heterocycles. The molecule has 2 N–H and O–H groups in total. The minimum absolute atomic E-state index is 0.271. The smallest absolute Gasteiger partial charge is 0.204 e. The number of aryl methyl sites for hydroxylation is 1. The molecule has 0 saturated heterocycles. The molecule has 1 heterocycles. The molecular weight excluding hydrogens is 247 g/mol. The summed E-state index contributed by atoms with van der Waals surface area (Å²) in [5.41, 5.74) is 1.19. The van der Waals surface area contributed by atoms with Gasteiger partial charge in [0.1, 0.15) is 12.1 Å². The van der Waals surface area contributed by atoms with Crippen LogP contribution in [0.5, 0.6) is 5.75 Å². The molecule has 100 valence electrons. The van der Waals surface area contributed by atoms with Crippen LogP contribution in [-0.2, 0) is 0 Å². The van der Waals surface area contributed by atoms with Crippen molar-refractivity contribution in [1.82, 2.24) is 9.97 Å². The van der Waals surface area contributed by atoms with Gasteiger partial charge in [0.25, 0.3) is 0 Å². The van der Waals surface area contributed by atoms with Gasteiger partial charge in [-0.05, 0) is 24.6 Å². The van der Waals surface area contributed by atoms with Gasteiger partial charge in [0.2, 0.25) is 5.75 Å². The molecule has 2 rings (SSSR count). The molecule has 0 spiro atoms. The van der Waals surface area contributed by atoms with Gasteiger partial charge in [-0.3, -0.25) is 0 Å². The molecule has 0 amide bonds. The molecule has 2 aromatic rings. The van der Waals surface area contributed by atoms with Crippen LogP contribution in [-0.4, -0.2) is 24.1 Å². The number of anilines is 3. The maximum Gasteiger partial charge on any atom is 0.204 e. The predicted molar refractivity (Wildman–Crippen MR) is 72.6 cm³/mol. The Morgan fingerprint density at radius 3 is 2.58 bits per heavy atom. The van der Waals surface area contributed by atoms with Gasteiger partial charge in [-0.15, -0.1) is 0 Å². The maximum absolute atomic E-state index is 13.5. The molecule has 0 saturated carbocycles. The summed E-state index contributed by atoms with van der Waals surface area (Å²) in [5.74, 6) is 1.25. The summed E-state index contributed by atoms with van der Waals surface area (Å²) in [6.07, 6.45) is 1.40. The molecule has 6 heteroatoms. The third kappa shape index (κ3) is 2.73. The van der Waals surface area contributed by atoms with Crippen molar-refractivity contribution in [2.75, 3.05) is 24.8 Å². The van der Waals surface area contributed by atoms with E-state index in [1.54, 1.807) is 26.1 Å². The lowest BCUT2D eigenvalue weighted by Crippen LogP contribution is -2.03. The van der Waals surface area contributed by atoms with Crippen molar-refractivity contribution in [3.63, 3.8) is 0 Å². The summed E-state index contributed by atoms with van der Waals surface area (Å²) < 4.78 is 18.7. The Morgan fingerprint density at radius 2 is 1.95 bits per heavy atom. The van der Waals surface area contributed by atoms with E-state index in [9.17, 15) is 4.39 Å². The maximum atomic E-state index is 13.5. The van der Waals surface area contributed by atoms with E-state index >= 15 is 0 Å². The summed E-state index contributed by atoms with van der Waals surface area (Å²) in [6.45, 7) is 1.71. The predicted octanol–water partition coefficient (Wildman–Crippen LogP) is 2.72. The number of halogens is 1. The van der Waals surface area contributed by atoms with Crippen LogP contribution >= 0.6 is 0 Å². The van der Waals surface area contributed by atoms with Gasteiger partial charge in [0.05, 0.1) is 7.11 Å². The van der Waals surface area contributed by atoms with Gasteiger partial charge < -0.3 is 15.4 Å². The zero-order valence-electron chi connectivity index (χ0n) is 11.0. The summed E-state index contributed by atoms with van der Waals surface area (Å²) in [4.78, 5) is 8.14. The molecule has 0 fully saturated rings. The largest absolute Gasteiger partial charge is 0.490 e. The molecule has 0 aliphatic carbocycles. The molecule has 0 unspecified atom stereocenters. The lowest BCUT2D eigenvalue weighted by Gasteiger charge is -2.13. The first-order chi connectivity index (χ1) is 9.15. The Bertz CT molecular complexity index is 589. The van der Waals surface area contributed by atoms with Crippen molar-refractivity contribution < 1.29 is 9.13 Å². The van der Waals surface area contributed by atoms with Gasteiger partial charge >= 0.3 is 0 Å². The van der Waals surface area contributed by atoms with Crippen LogP contribution in [0.15, 0.2) is 24.5 Å². The van der Waals surface area contributed by atoms with Crippen LogP contribution in [0.1, 0.15) is 5.56 Å². The highest BCUT2D eigenvalue weighted by molar-refractivity contribution is 5.69. The Hall–Kier alpha value is -2.37. The average molecular weight is 262 g/mol. The number of methoxy groups -OCH3 is 1. The first kappa shape index (κ1) is 13.1. The first-order valence-electron chi connectivity index (χ1n) is 5.75. The molecule has 1 aromatic heterocycles. The highest BCUT2D eigenvalue weighted by atomic mass is 19.1. The number of ether oxygens (including phenoxy) is 1. The zero-order valence-corrected chi connectivity index (χ0v) is 11.0. The average Bonchev–Trinajstić information content (AvgIpc) is 2.42. The molecule has 19 heavy (non-hydrogen) atoms. The molecular formula is C13H15FN4O. The van der Waals surface area contributed by atoms with Crippen molar-refractivity contribution in [2.45, 2.75) is 6.92 Å². The van der Waals surface area contributed by atoms with Crippen LogP contribution in [0.2, 0.25) is 0 Å². The van der Waals surface area contributed by atoms with E-state index < -0.39 is 0 Å². The third-order valence-electron chi connectivity index (χ3n) is 2.68.